The van der Waals surface area contributed by atoms with E-state index in [-0.39, 0.29) is 40.8 Å². The molecule has 0 bridgehead atoms. The first-order chi connectivity index (χ1) is 20.3. The van der Waals surface area contributed by atoms with Crippen LogP contribution in [0.4, 0.5) is 24.8 Å². The molecule has 1 aromatic carbocycles. The van der Waals surface area contributed by atoms with Gasteiger partial charge in [-0.05, 0) is 66.8 Å². The predicted octanol–water partition coefficient (Wildman–Crippen LogP) is 4.41. The van der Waals surface area contributed by atoms with Gasteiger partial charge in [-0.2, -0.15) is 13.2 Å². The first kappa shape index (κ1) is 29.6. The van der Waals surface area contributed by atoms with Crippen LogP contribution < -0.4 is 10.6 Å². The van der Waals surface area contributed by atoms with E-state index < -0.39 is 17.6 Å². The summed E-state index contributed by atoms with van der Waals surface area (Å²) >= 11 is 0. The lowest BCUT2D eigenvalue weighted by atomic mass is 9.62. The molecule has 3 aromatic rings. The number of benzene rings is 1. The number of anilines is 2. The fourth-order valence-electron chi connectivity index (χ4n) is 6.97. The van der Waals surface area contributed by atoms with E-state index in [1.807, 2.05) is 23.7 Å². The number of likely N-dealkylation sites (N-methyl/N-ethyl adjacent to an activating group) is 1. The number of nitrogen functional groups attached to an aromatic ring is 1. The van der Waals surface area contributed by atoms with Gasteiger partial charge in [-0.15, -0.1) is 10.2 Å². The van der Waals surface area contributed by atoms with Crippen molar-refractivity contribution in [3.63, 3.8) is 0 Å². The highest BCUT2D eigenvalue weighted by Crippen LogP contribution is 2.47. The lowest BCUT2D eigenvalue weighted by Gasteiger charge is -2.42. The van der Waals surface area contributed by atoms with Crippen LogP contribution in [-0.4, -0.2) is 68.2 Å². The zero-order chi connectivity index (χ0) is 30.7. The quantitative estimate of drug-likeness (QED) is 0.432. The number of rotatable bonds is 7. The maximum Gasteiger partial charge on any atom is 0.416 e. The maximum atomic E-state index is 14.5. The number of pyridine rings is 1. The SMILES string of the molecule is CC(C)C1CN(C)CCN1Cc1cc2c(c(C(F)(F)F)c1)CN(c1cc(C3(Cc4nncn4C)CCC3)cc(N)n1)C2=O. The van der Waals surface area contributed by atoms with E-state index >= 15 is 0 Å². The number of hydrogen-bond donors (Lipinski definition) is 1. The lowest BCUT2D eigenvalue weighted by Crippen LogP contribution is -2.53. The zero-order valence-corrected chi connectivity index (χ0v) is 25.2. The Kier molecular flexibility index (Phi) is 7.48. The van der Waals surface area contributed by atoms with Crippen molar-refractivity contribution in [1.29, 1.82) is 0 Å². The topological polar surface area (TPSA) is 96.4 Å². The molecule has 0 spiro atoms. The first-order valence-corrected chi connectivity index (χ1v) is 14.9. The molecule has 9 nitrogen and oxygen atoms in total. The molecule has 1 amide bonds. The summed E-state index contributed by atoms with van der Waals surface area (Å²) in [6.07, 6.45) is 0.548. The summed E-state index contributed by atoms with van der Waals surface area (Å²) in [5.41, 5.74) is 6.74. The third-order valence-electron chi connectivity index (χ3n) is 9.63. The molecule has 2 aromatic heterocycles. The molecule has 1 saturated carbocycles. The molecule has 2 aliphatic heterocycles. The number of carbonyl (C=O) groups is 1. The van der Waals surface area contributed by atoms with Crippen LogP contribution in [0, 0.1) is 5.92 Å². The van der Waals surface area contributed by atoms with Crippen molar-refractivity contribution in [2.75, 3.05) is 37.3 Å². The normalized spacial score (nSPS) is 21.0. The van der Waals surface area contributed by atoms with Crippen molar-refractivity contribution in [3.05, 3.63) is 64.2 Å². The van der Waals surface area contributed by atoms with Gasteiger partial charge in [0.05, 0.1) is 12.1 Å². The fourth-order valence-corrected chi connectivity index (χ4v) is 6.97. The molecule has 0 radical (unpaired) electrons. The van der Waals surface area contributed by atoms with Gasteiger partial charge in [-0.25, -0.2) is 4.98 Å². The summed E-state index contributed by atoms with van der Waals surface area (Å²) in [6.45, 7) is 6.86. The van der Waals surface area contributed by atoms with Crippen LogP contribution in [0.1, 0.15) is 71.5 Å². The zero-order valence-electron chi connectivity index (χ0n) is 25.2. The van der Waals surface area contributed by atoms with E-state index in [4.69, 9.17) is 5.73 Å². The Labute approximate surface area is 249 Å². The highest BCUT2D eigenvalue weighted by atomic mass is 19.4. The Hall–Kier alpha value is -3.51. The van der Waals surface area contributed by atoms with Gasteiger partial charge in [0, 0.05) is 56.7 Å². The van der Waals surface area contributed by atoms with Crippen LogP contribution in [0.25, 0.3) is 0 Å². The molecule has 1 unspecified atom stereocenters. The summed E-state index contributed by atoms with van der Waals surface area (Å²) < 4.78 is 45.3. The van der Waals surface area contributed by atoms with Crippen LogP contribution in [0.5, 0.6) is 0 Å². The highest BCUT2D eigenvalue weighted by molar-refractivity contribution is 6.10. The highest BCUT2D eigenvalue weighted by Gasteiger charge is 2.43. The molecular weight excluding hydrogens is 557 g/mol. The van der Waals surface area contributed by atoms with Gasteiger partial charge >= 0.3 is 6.18 Å². The number of amides is 1. The van der Waals surface area contributed by atoms with Gasteiger partial charge in [-0.1, -0.05) is 20.3 Å². The molecule has 2 N–H and O–H groups in total. The van der Waals surface area contributed by atoms with Crippen molar-refractivity contribution in [3.8, 4) is 0 Å². The summed E-state index contributed by atoms with van der Waals surface area (Å²) in [6, 6.07) is 6.73. The number of halogens is 3. The number of aromatic nitrogens is 4. The second kappa shape index (κ2) is 10.9. The molecule has 12 heteroatoms. The van der Waals surface area contributed by atoms with Gasteiger partial charge < -0.3 is 15.2 Å². The van der Waals surface area contributed by atoms with Gasteiger partial charge in [0.2, 0.25) is 0 Å². The minimum Gasteiger partial charge on any atom is -0.384 e. The molecule has 1 aliphatic carbocycles. The molecule has 4 heterocycles. The number of aryl methyl sites for hydroxylation is 1. The average Bonchev–Trinajstić information content (AvgIpc) is 3.47. The number of piperazine rings is 1. The van der Waals surface area contributed by atoms with E-state index in [1.165, 1.54) is 11.0 Å². The summed E-state index contributed by atoms with van der Waals surface area (Å²) in [4.78, 5) is 24.1. The van der Waals surface area contributed by atoms with E-state index in [2.05, 4.69) is 45.9 Å². The van der Waals surface area contributed by atoms with Crippen LogP contribution in [0.2, 0.25) is 0 Å². The maximum absolute atomic E-state index is 14.5. The van der Waals surface area contributed by atoms with Gasteiger partial charge in [-0.3, -0.25) is 14.6 Å². The average molecular weight is 597 g/mol. The summed E-state index contributed by atoms with van der Waals surface area (Å²) in [5, 5.41) is 8.26. The van der Waals surface area contributed by atoms with Crippen LogP contribution in [0.15, 0.2) is 30.6 Å². The van der Waals surface area contributed by atoms with Crippen LogP contribution >= 0.6 is 0 Å². The second-order valence-electron chi connectivity index (χ2n) is 12.9. The molecule has 1 saturated heterocycles. The predicted molar refractivity (Wildman–Crippen MR) is 157 cm³/mol. The Morgan fingerprint density at radius 1 is 1.12 bits per heavy atom. The number of nitrogens with zero attached hydrogens (tertiary/aromatic N) is 7. The molecule has 3 aliphatic rings. The molecule has 1 atom stereocenters. The summed E-state index contributed by atoms with van der Waals surface area (Å²) in [5.74, 6) is 1.19. The van der Waals surface area contributed by atoms with E-state index in [1.54, 1.807) is 12.4 Å². The molecule has 230 valence electrons. The Morgan fingerprint density at radius 3 is 2.51 bits per heavy atom. The largest absolute Gasteiger partial charge is 0.416 e. The Morgan fingerprint density at radius 2 is 1.88 bits per heavy atom. The van der Waals surface area contributed by atoms with E-state index in [0.717, 1.165) is 50.3 Å². The van der Waals surface area contributed by atoms with Crippen molar-refractivity contribution < 1.29 is 18.0 Å². The van der Waals surface area contributed by atoms with Crippen molar-refractivity contribution >= 4 is 17.5 Å². The standard InChI is InChI=1S/C31H39F3N8O/c1-19(2)25-17-39(3)8-9-41(25)15-20-10-22-23(24(11-20)31(32,33)34)16-42(29(22)43)27-13-21(12-26(35)37-27)30(6-5-7-30)14-28-38-36-18-40(28)4/h10-13,18-19,25H,5-9,14-17H2,1-4H3,(H2,35,37). The van der Waals surface area contributed by atoms with Crippen molar-refractivity contribution in [2.24, 2.45) is 13.0 Å². The minimum atomic E-state index is -4.60. The molecule has 43 heavy (non-hydrogen) atoms. The van der Waals surface area contributed by atoms with Crippen molar-refractivity contribution in [2.45, 2.75) is 70.3 Å². The van der Waals surface area contributed by atoms with Gasteiger partial charge in [0.25, 0.3) is 5.91 Å². The number of hydrogen-bond acceptors (Lipinski definition) is 7. The van der Waals surface area contributed by atoms with E-state index in [0.29, 0.717) is 24.4 Å². The molecular formula is C31H39F3N8O. The minimum absolute atomic E-state index is 0.0109. The smallest absolute Gasteiger partial charge is 0.384 e. The third-order valence-corrected chi connectivity index (χ3v) is 9.63. The van der Waals surface area contributed by atoms with Crippen molar-refractivity contribution in [1.82, 2.24) is 29.5 Å². The van der Waals surface area contributed by atoms with Gasteiger partial charge in [0.1, 0.15) is 23.8 Å². The number of fused-ring (bicyclic) bond motifs is 1. The number of carbonyl (C=O) groups excluding carboxylic acids is 1. The summed E-state index contributed by atoms with van der Waals surface area (Å²) in [7, 11) is 3.96. The third kappa shape index (κ3) is 5.50. The monoisotopic (exact) mass is 596 g/mol. The first-order valence-electron chi connectivity index (χ1n) is 14.9. The molecule has 2 fully saturated rings. The van der Waals surface area contributed by atoms with Gasteiger partial charge in [0.15, 0.2) is 0 Å². The van der Waals surface area contributed by atoms with Crippen LogP contribution in [-0.2, 0) is 38.1 Å². The Balaban J connectivity index is 1.33. The molecule has 6 rings (SSSR count). The second-order valence-corrected chi connectivity index (χ2v) is 12.9. The van der Waals surface area contributed by atoms with E-state index in [9.17, 15) is 18.0 Å². The van der Waals surface area contributed by atoms with Crippen LogP contribution in [0.3, 0.4) is 0 Å². The fraction of sp³-hybridized carbons (Fsp3) is 0.548. The number of alkyl halides is 3. The number of nitrogens with two attached hydrogens (primary N) is 1. The Bertz CT molecular complexity index is 1530. The lowest BCUT2D eigenvalue weighted by molar-refractivity contribution is -0.138.